The summed E-state index contributed by atoms with van der Waals surface area (Å²) in [6.45, 7) is 1.84. The molecule has 0 saturated carbocycles. The molecule has 2 amide bonds. The van der Waals surface area contributed by atoms with Crippen LogP contribution in [-0.4, -0.2) is 44.3 Å². The van der Waals surface area contributed by atoms with Crippen LogP contribution in [0.15, 0.2) is 77.7 Å². The molecule has 0 spiro atoms. The molecule has 176 valence electrons. The first-order valence-electron chi connectivity index (χ1n) is 10.6. The van der Waals surface area contributed by atoms with E-state index >= 15 is 0 Å². The number of aromatic nitrogens is 4. The first-order valence-corrected chi connectivity index (χ1v) is 12.9. The van der Waals surface area contributed by atoms with Crippen molar-refractivity contribution < 1.29 is 18.0 Å². The van der Waals surface area contributed by atoms with E-state index in [-0.39, 0.29) is 11.3 Å². The van der Waals surface area contributed by atoms with E-state index in [9.17, 15) is 18.0 Å². The molecule has 1 atom stereocenters. The van der Waals surface area contributed by atoms with Crippen LogP contribution in [0.1, 0.15) is 11.1 Å². The third kappa shape index (κ3) is 4.02. The van der Waals surface area contributed by atoms with Gasteiger partial charge >= 0.3 is 0 Å². The molecule has 9 nitrogen and oxygen atoms in total. The van der Waals surface area contributed by atoms with Crippen LogP contribution in [0.3, 0.4) is 0 Å². The Morgan fingerprint density at radius 1 is 0.914 bits per heavy atom. The third-order valence-corrected chi connectivity index (χ3v) is 9.75. The van der Waals surface area contributed by atoms with Gasteiger partial charge in [0.25, 0.3) is 11.1 Å². The Hall–Kier alpha value is -3.83. The molecular formula is C24H19N5O4S2. The fourth-order valence-corrected chi connectivity index (χ4v) is 7.29. The van der Waals surface area contributed by atoms with Gasteiger partial charge in [-0.3, -0.25) is 14.9 Å². The van der Waals surface area contributed by atoms with Gasteiger partial charge in [-0.25, -0.2) is 8.42 Å². The summed E-state index contributed by atoms with van der Waals surface area (Å²) in [6.07, 6.45) is -0.168. The molecule has 1 unspecified atom stereocenters. The average Bonchev–Trinajstić information content (AvgIpc) is 3.48. The van der Waals surface area contributed by atoms with Gasteiger partial charge in [0, 0.05) is 12.0 Å². The maximum atomic E-state index is 13.6. The van der Waals surface area contributed by atoms with Crippen LogP contribution in [0.2, 0.25) is 0 Å². The van der Waals surface area contributed by atoms with Crippen molar-refractivity contribution in [3.63, 3.8) is 0 Å². The number of tetrazole rings is 1. The minimum absolute atomic E-state index is 0.00823. The average molecular weight is 506 g/mol. The molecule has 1 fully saturated rings. The summed E-state index contributed by atoms with van der Waals surface area (Å²) in [6, 6.07) is 21.0. The molecule has 2 N–H and O–H groups in total. The molecule has 1 aliphatic rings. The largest absolute Gasteiger partial charge is 0.287 e. The van der Waals surface area contributed by atoms with E-state index in [1.54, 1.807) is 24.3 Å². The first-order chi connectivity index (χ1) is 16.8. The van der Waals surface area contributed by atoms with Crippen molar-refractivity contribution in [3.8, 4) is 22.5 Å². The van der Waals surface area contributed by atoms with Crippen molar-refractivity contribution in [3.05, 3.63) is 83.9 Å². The highest BCUT2D eigenvalue weighted by Crippen LogP contribution is 2.43. The molecule has 5 rings (SSSR count). The first kappa shape index (κ1) is 22.9. The lowest BCUT2D eigenvalue weighted by Crippen LogP contribution is -2.45. The number of carbonyl (C=O) groups excluding carboxylic acids is 2. The Kier molecular flexibility index (Phi) is 5.73. The minimum Gasteiger partial charge on any atom is -0.285 e. The van der Waals surface area contributed by atoms with Crippen LogP contribution in [0.4, 0.5) is 4.79 Å². The van der Waals surface area contributed by atoms with Crippen LogP contribution in [0.5, 0.6) is 0 Å². The molecule has 1 aliphatic heterocycles. The highest BCUT2D eigenvalue weighted by atomic mass is 32.3. The van der Waals surface area contributed by atoms with Gasteiger partial charge in [-0.05, 0) is 52.7 Å². The molecule has 3 aromatic carbocycles. The predicted octanol–water partition coefficient (Wildman–Crippen LogP) is 3.54. The minimum atomic E-state index is -4.19. The van der Waals surface area contributed by atoms with Crippen LogP contribution >= 0.6 is 11.8 Å². The molecule has 0 radical (unpaired) electrons. The molecule has 1 aromatic heterocycles. The number of carbonyl (C=O) groups is 2. The Morgan fingerprint density at radius 3 is 2.20 bits per heavy atom. The van der Waals surface area contributed by atoms with E-state index in [1.165, 1.54) is 12.1 Å². The molecule has 4 aromatic rings. The van der Waals surface area contributed by atoms with E-state index in [0.29, 0.717) is 23.1 Å². The third-order valence-electron chi connectivity index (χ3n) is 5.80. The Balaban J connectivity index is 1.52. The fourth-order valence-electron chi connectivity index (χ4n) is 3.98. The summed E-state index contributed by atoms with van der Waals surface area (Å²) in [5, 5.41) is 15.6. The summed E-state index contributed by atoms with van der Waals surface area (Å²) in [5.74, 6) is -0.384. The molecule has 0 aliphatic carbocycles. The van der Waals surface area contributed by atoms with Gasteiger partial charge in [0.2, 0.25) is 19.7 Å². The zero-order valence-corrected chi connectivity index (χ0v) is 20.1. The number of rotatable bonds is 6. The summed E-state index contributed by atoms with van der Waals surface area (Å²) >= 11 is 0.509. The smallest absolute Gasteiger partial charge is 0.285 e. The number of nitrogens with one attached hydrogen (secondary N) is 2. The Bertz CT molecular complexity index is 1520. The predicted molar refractivity (Wildman–Crippen MR) is 131 cm³/mol. The topological polar surface area (TPSA) is 135 Å². The number of thioether (sulfide) groups is 1. The van der Waals surface area contributed by atoms with Crippen LogP contribution in [0.25, 0.3) is 22.5 Å². The number of imide groups is 1. The number of aromatic amines is 1. The van der Waals surface area contributed by atoms with Crippen molar-refractivity contribution in [2.45, 2.75) is 22.3 Å². The Labute approximate surface area is 205 Å². The van der Waals surface area contributed by atoms with E-state index in [2.05, 4.69) is 25.9 Å². The number of H-pyrrole nitrogens is 1. The van der Waals surface area contributed by atoms with E-state index in [4.69, 9.17) is 0 Å². The monoisotopic (exact) mass is 505 g/mol. The molecular weight excluding hydrogens is 486 g/mol. The lowest BCUT2D eigenvalue weighted by molar-refractivity contribution is -0.119. The summed E-state index contributed by atoms with van der Waals surface area (Å²) in [7, 11) is -4.19. The molecule has 2 heterocycles. The van der Waals surface area contributed by atoms with Crippen LogP contribution < -0.4 is 5.32 Å². The summed E-state index contributed by atoms with van der Waals surface area (Å²) in [5.41, 5.74) is 3.98. The zero-order valence-electron chi connectivity index (χ0n) is 18.4. The van der Waals surface area contributed by atoms with Gasteiger partial charge in [0.15, 0.2) is 0 Å². The van der Waals surface area contributed by atoms with Crippen LogP contribution in [0, 0.1) is 6.92 Å². The molecule has 0 bridgehead atoms. The van der Waals surface area contributed by atoms with Crippen molar-refractivity contribution in [2.24, 2.45) is 0 Å². The number of hydrogen-bond acceptors (Lipinski definition) is 8. The van der Waals surface area contributed by atoms with Gasteiger partial charge in [0.1, 0.15) is 0 Å². The molecule has 35 heavy (non-hydrogen) atoms. The second-order valence-corrected chi connectivity index (χ2v) is 11.8. The van der Waals surface area contributed by atoms with Crippen molar-refractivity contribution in [1.82, 2.24) is 25.9 Å². The lowest BCUT2D eigenvalue weighted by atomic mass is 9.97. The highest BCUT2D eigenvalue weighted by molar-refractivity contribution is 8.25. The van der Waals surface area contributed by atoms with Gasteiger partial charge < -0.3 is 0 Å². The molecule has 11 heteroatoms. The van der Waals surface area contributed by atoms with Gasteiger partial charge in [-0.15, -0.1) is 10.2 Å². The number of nitrogens with zero attached hydrogens (tertiary/aromatic N) is 3. The van der Waals surface area contributed by atoms with E-state index < -0.39 is 25.1 Å². The van der Waals surface area contributed by atoms with Gasteiger partial charge in [-0.1, -0.05) is 66.2 Å². The van der Waals surface area contributed by atoms with Gasteiger partial charge in [-0.2, -0.15) is 5.21 Å². The standard InChI is InChI=1S/C24H19N5O4S2/c1-15-6-12-18(13-7-15)35(32,33)24(22(30)25-23(31)34-24)14-16-8-10-17(11-9-16)19-4-2-3-5-20(19)21-26-28-29-27-21/h2-13H,14H2,1H3,(H,25,30,31)(H,26,27,28,29). The number of sulfone groups is 1. The number of aryl methyl sites for hydroxylation is 1. The highest BCUT2D eigenvalue weighted by Gasteiger charge is 2.58. The van der Waals surface area contributed by atoms with Crippen molar-refractivity contribution in [2.75, 3.05) is 0 Å². The molecule has 1 saturated heterocycles. The number of amides is 2. The quantitative estimate of drug-likeness (QED) is 0.406. The van der Waals surface area contributed by atoms with E-state index in [0.717, 1.165) is 22.3 Å². The zero-order chi connectivity index (χ0) is 24.6. The van der Waals surface area contributed by atoms with Gasteiger partial charge in [0.05, 0.1) is 4.90 Å². The normalized spacial score (nSPS) is 18.0. The summed E-state index contributed by atoms with van der Waals surface area (Å²) in [4.78, 5) is 25.0. The number of benzene rings is 3. The maximum Gasteiger partial charge on any atom is 0.287 e. The van der Waals surface area contributed by atoms with Crippen LogP contribution in [-0.2, 0) is 21.1 Å². The Morgan fingerprint density at radius 2 is 1.60 bits per heavy atom. The lowest BCUT2D eigenvalue weighted by Gasteiger charge is -2.24. The second kappa shape index (κ2) is 8.75. The maximum absolute atomic E-state index is 13.6. The SMILES string of the molecule is Cc1ccc(S(=O)(=O)C2(Cc3ccc(-c4ccccc4-c4nn[nH]n4)cc3)SC(=O)NC2=O)cc1. The second-order valence-electron chi connectivity index (χ2n) is 8.07. The van der Waals surface area contributed by atoms with Crippen molar-refractivity contribution >= 4 is 32.7 Å². The van der Waals surface area contributed by atoms with E-state index in [1.807, 2.05) is 43.3 Å². The fraction of sp³-hybridized carbons (Fsp3) is 0.125. The van der Waals surface area contributed by atoms with Crippen molar-refractivity contribution in [1.29, 1.82) is 0 Å². The summed E-state index contributed by atoms with van der Waals surface area (Å²) < 4.78 is 25.3. The number of hydrogen-bond donors (Lipinski definition) is 2.